The van der Waals surface area contributed by atoms with Gasteiger partial charge in [0.2, 0.25) is 11.9 Å². The summed E-state index contributed by atoms with van der Waals surface area (Å²) >= 11 is 6.14. The monoisotopic (exact) mass is 388 g/mol. The Balaban J connectivity index is 1.81. The summed E-state index contributed by atoms with van der Waals surface area (Å²) in [6.07, 6.45) is 2.49. The number of halogens is 2. The molecule has 1 aliphatic heterocycles. The average molecular weight is 389 g/mol. The molecule has 1 aromatic carbocycles. The van der Waals surface area contributed by atoms with E-state index in [2.05, 4.69) is 19.9 Å². The van der Waals surface area contributed by atoms with Crippen LogP contribution in [0.15, 0.2) is 18.3 Å². The lowest BCUT2D eigenvalue weighted by atomic mass is 10.1. The number of carbonyl (C=O) groups is 1. The summed E-state index contributed by atoms with van der Waals surface area (Å²) < 4.78 is 14.7. The van der Waals surface area contributed by atoms with Gasteiger partial charge in [-0.25, -0.2) is 19.3 Å². The molecule has 0 radical (unpaired) electrons. The van der Waals surface area contributed by atoms with E-state index < -0.39 is 5.82 Å². The van der Waals surface area contributed by atoms with E-state index in [1.54, 1.807) is 11.0 Å². The van der Waals surface area contributed by atoms with Gasteiger partial charge in [0, 0.05) is 18.0 Å². The number of aromatic amines is 1. The van der Waals surface area contributed by atoms with Crippen molar-refractivity contribution in [2.24, 2.45) is 0 Å². The van der Waals surface area contributed by atoms with Crippen molar-refractivity contribution in [3.63, 3.8) is 0 Å². The summed E-state index contributed by atoms with van der Waals surface area (Å²) in [5.74, 6) is 0.213. The largest absolute Gasteiger partial charge is 0.368 e. The Morgan fingerprint density at radius 3 is 2.89 bits per heavy atom. The first kappa shape index (κ1) is 17.7. The first-order chi connectivity index (χ1) is 12.8. The minimum Gasteiger partial charge on any atom is -0.368 e. The maximum Gasteiger partial charge on any atom is 0.223 e. The van der Waals surface area contributed by atoms with Crippen LogP contribution in [0.4, 0.5) is 10.3 Å². The number of likely N-dealkylation sites (tertiary alicyclic amines) is 1. The second kappa shape index (κ2) is 6.45. The van der Waals surface area contributed by atoms with Gasteiger partial charge in [0.15, 0.2) is 5.82 Å². The molecule has 140 valence electrons. The van der Waals surface area contributed by atoms with Crippen molar-refractivity contribution in [2.75, 3.05) is 5.73 Å². The maximum absolute atomic E-state index is 14.7. The van der Waals surface area contributed by atoms with Crippen LogP contribution >= 0.6 is 11.6 Å². The van der Waals surface area contributed by atoms with Gasteiger partial charge >= 0.3 is 0 Å². The molecular weight excluding hydrogens is 371 g/mol. The number of carbonyl (C=O) groups excluding carboxylic acids is 1. The molecule has 1 fully saturated rings. The number of H-pyrrole nitrogens is 1. The van der Waals surface area contributed by atoms with Crippen LogP contribution in [-0.2, 0) is 4.79 Å². The Kier molecular flexibility index (Phi) is 4.22. The normalized spacial score (nSPS) is 17.4. The van der Waals surface area contributed by atoms with Crippen molar-refractivity contribution in [3.05, 3.63) is 35.0 Å². The zero-order valence-electron chi connectivity index (χ0n) is 14.8. The van der Waals surface area contributed by atoms with Crippen molar-refractivity contribution in [1.29, 1.82) is 0 Å². The molecule has 2 aromatic heterocycles. The minimum atomic E-state index is -0.501. The van der Waals surface area contributed by atoms with E-state index >= 15 is 0 Å². The van der Waals surface area contributed by atoms with E-state index in [4.69, 9.17) is 17.3 Å². The number of amides is 1. The van der Waals surface area contributed by atoms with Gasteiger partial charge in [-0.15, -0.1) is 0 Å². The van der Waals surface area contributed by atoms with Crippen LogP contribution in [0.5, 0.6) is 0 Å². The van der Waals surface area contributed by atoms with Crippen LogP contribution in [0.2, 0.25) is 5.02 Å². The van der Waals surface area contributed by atoms with Gasteiger partial charge in [0.05, 0.1) is 28.5 Å². The van der Waals surface area contributed by atoms with Gasteiger partial charge in [-0.3, -0.25) is 4.79 Å². The molecule has 1 atom stereocenters. The summed E-state index contributed by atoms with van der Waals surface area (Å²) in [4.78, 5) is 29.5. The molecule has 1 saturated heterocycles. The lowest BCUT2D eigenvalue weighted by molar-refractivity contribution is -0.130. The van der Waals surface area contributed by atoms with E-state index in [1.807, 2.05) is 13.8 Å². The van der Waals surface area contributed by atoms with Gasteiger partial charge in [-0.05, 0) is 32.4 Å². The van der Waals surface area contributed by atoms with Crippen molar-refractivity contribution in [1.82, 2.24) is 24.8 Å². The molecule has 9 heteroatoms. The third-order valence-corrected chi connectivity index (χ3v) is 5.00. The molecule has 0 aliphatic carbocycles. The lowest BCUT2D eigenvalue weighted by Crippen LogP contribution is -2.34. The van der Waals surface area contributed by atoms with Crippen LogP contribution in [0.25, 0.3) is 22.3 Å². The second-order valence-corrected chi connectivity index (χ2v) is 7.26. The van der Waals surface area contributed by atoms with Gasteiger partial charge in [-0.2, -0.15) is 0 Å². The number of nitrogens with zero attached hydrogens (tertiary/aromatic N) is 4. The predicted octanol–water partition coefficient (Wildman–Crippen LogP) is 3.47. The minimum absolute atomic E-state index is 0.0430. The summed E-state index contributed by atoms with van der Waals surface area (Å²) in [6, 6.07) is 2.90. The number of fused-ring (bicyclic) bond motifs is 1. The van der Waals surface area contributed by atoms with Crippen molar-refractivity contribution >= 4 is 34.5 Å². The molecule has 4 rings (SSSR count). The average Bonchev–Trinajstić information content (AvgIpc) is 3.20. The van der Waals surface area contributed by atoms with E-state index in [0.29, 0.717) is 35.4 Å². The molecule has 27 heavy (non-hydrogen) atoms. The molecule has 3 heterocycles. The summed E-state index contributed by atoms with van der Waals surface area (Å²) in [7, 11) is 0. The van der Waals surface area contributed by atoms with E-state index in [0.717, 1.165) is 0 Å². The van der Waals surface area contributed by atoms with Crippen LogP contribution in [-0.4, -0.2) is 36.8 Å². The van der Waals surface area contributed by atoms with Gasteiger partial charge in [0.25, 0.3) is 0 Å². The molecular formula is C18H18ClFN6O. The molecule has 1 unspecified atom stereocenters. The highest BCUT2D eigenvalue weighted by Gasteiger charge is 2.35. The summed E-state index contributed by atoms with van der Waals surface area (Å²) in [6.45, 7) is 3.91. The molecule has 0 saturated carbocycles. The van der Waals surface area contributed by atoms with Crippen LogP contribution in [0.3, 0.4) is 0 Å². The van der Waals surface area contributed by atoms with Crippen LogP contribution < -0.4 is 5.73 Å². The standard InChI is InChI=1S/C18H18ClFN6O/c1-8(2)26-13(3-4-14(26)27)17-23-12-6-9(5-11(20)16(12)24-17)15-10(19)7-22-18(21)25-15/h5-8,13H,3-4H2,1-2H3,(H,23,24)(H2,21,22,25). The van der Waals surface area contributed by atoms with Crippen molar-refractivity contribution in [3.8, 4) is 11.3 Å². The highest BCUT2D eigenvalue weighted by Crippen LogP contribution is 2.35. The fourth-order valence-corrected chi connectivity index (χ4v) is 3.79. The topological polar surface area (TPSA) is 101 Å². The number of aromatic nitrogens is 4. The first-order valence-corrected chi connectivity index (χ1v) is 9.01. The highest BCUT2D eigenvalue weighted by atomic mass is 35.5. The number of nitrogens with two attached hydrogens (primary N) is 1. The fourth-order valence-electron chi connectivity index (χ4n) is 3.59. The van der Waals surface area contributed by atoms with Gasteiger partial charge < -0.3 is 15.6 Å². The second-order valence-electron chi connectivity index (χ2n) is 6.85. The Morgan fingerprint density at radius 1 is 1.37 bits per heavy atom. The number of imidazole rings is 1. The third-order valence-electron chi connectivity index (χ3n) is 4.72. The van der Waals surface area contributed by atoms with Crippen LogP contribution in [0, 0.1) is 5.82 Å². The Labute approximate surface area is 159 Å². The third kappa shape index (κ3) is 2.99. The molecule has 0 bridgehead atoms. The van der Waals surface area contributed by atoms with Gasteiger partial charge in [-0.1, -0.05) is 11.6 Å². The summed E-state index contributed by atoms with van der Waals surface area (Å²) in [5.41, 5.74) is 7.17. The van der Waals surface area contributed by atoms with E-state index in [-0.39, 0.29) is 34.5 Å². The molecule has 3 N–H and O–H groups in total. The molecule has 7 nitrogen and oxygen atoms in total. The number of nitrogen functional groups attached to an aromatic ring is 1. The number of hydrogen-bond donors (Lipinski definition) is 2. The Morgan fingerprint density at radius 2 is 2.15 bits per heavy atom. The van der Waals surface area contributed by atoms with Crippen LogP contribution in [0.1, 0.15) is 38.6 Å². The highest BCUT2D eigenvalue weighted by molar-refractivity contribution is 6.33. The van der Waals surface area contributed by atoms with Crippen molar-refractivity contribution in [2.45, 2.75) is 38.8 Å². The SMILES string of the molecule is CC(C)N1C(=O)CCC1c1nc2c(F)cc(-c3nc(N)ncc3Cl)cc2[nH]1. The predicted molar refractivity (Wildman–Crippen MR) is 100 cm³/mol. The molecule has 1 aliphatic rings. The number of hydrogen-bond acceptors (Lipinski definition) is 5. The van der Waals surface area contributed by atoms with E-state index in [1.165, 1.54) is 12.3 Å². The first-order valence-electron chi connectivity index (χ1n) is 8.64. The number of nitrogens with one attached hydrogen (secondary N) is 1. The van der Waals surface area contributed by atoms with Gasteiger partial charge in [0.1, 0.15) is 11.3 Å². The maximum atomic E-state index is 14.7. The Hall–Kier alpha value is -2.74. The number of rotatable bonds is 3. The molecule has 0 spiro atoms. The van der Waals surface area contributed by atoms with E-state index in [9.17, 15) is 9.18 Å². The summed E-state index contributed by atoms with van der Waals surface area (Å²) in [5, 5.41) is 0.273. The smallest absolute Gasteiger partial charge is 0.223 e. The Bertz CT molecular complexity index is 1050. The zero-order chi connectivity index (χ0) is 19.3. The fraction of sp³-hybridized carbons (Fsp3) is 0.333. The quantitative estimate of drug-likeness (QED) is 0.715. The molecule has 3 aromatic rings. The lowest BCUT2D eigenvalue weighted by Gasteiger charge is -2.27. The van der Waals surface area contributed by atoms with Crippen molar-refractivity contribution < 1.29 is 9.18 Å². The number of anilines is 1. The number of benzene rings is 1. The molecule has 1 amide bonds. The zero-order valence-corrected chi connectivity index (χ0v) is 15.6.